The number of aromatic amines is 1. The predicted octanol–water partition coefficient (Wildman–Crippen LogP) is 3.20. The second-order valence-electron chi connectivity index (χ2n) is 7.00. The van der Waals surface area contributed by atoms with Gasteiger partial charge >= 0.3 is 0 Å². The minimum Gasteiger partial charge on any atom is -0.461 e. The first kappa shape index (κ1) is 17.2. The molecule has 0 aliphatic carbocycles. The molecule has 1 N–H and O–H groups in total. The Morgan fingerprint density at radius 3 is 3.00 bits per heavy atom. The van der Waals surface area contributed by atoms with Gasteiger partial charge in [0, 0.05) is 32.3 Å². The van der Waals surface area contributed by atoms with Gasteiger partial charge in [0.25, 0.3) is 5.56 Å². The molecule has 8 heteroatoms. The zero-order valence-corrected chi connectivity index (χ0v) is 16.0. The fourth-order valence-electron chi connectivity index (χ4n) is 3.73. The number of aromatic nitrogens is 4. The molecule has 0 bridgehead atoms. The molecule has 28 heavy (non-hydrogen) atoms. The molecule has 4 aromatic heterocycles. The summed E-state index contributed by atoms with van der Waals surface area (Å²) in [4.78, 5) is 27.0. The quantitative estimate of drug-likeness (QED) is 0.576. The van der Waals surface area contributed by atoms with Gasteiger partial charge in [-0.15, -0.1) is 0 Å². The molecule has 1 aliphatic heterocycles. The Hall–Kier alpha value is -2.90. The number of hydrogen-bond acceptors (Lipinski definition) is 5. The first-order valence-corrected chi connectivity index (χ1v) is 9.47. The molecule has 0 fully saturated rings. The van der Waals surface area contributed by atoms with Gasteiger partial charge in [-0.2, -0.15) is 0 Å². The fourth-order valence-corrected chi connectivity index (χ4v) is 3.89. The number of nitrogens with zero attached hydrogens (tertiary/aromatic N) is 4. The van der Waals surface area contributed by atoms with Crippen LogP contribution in [0.25, 0.3) is 17.2 Å². The fraction of sp³-hybridized carbons (Fsp3) is 0.250. The van der Waals surface area contributed by atoms with Gasteiger partial charge in [-0.05, 0) is 31.2 Å². The average Bonchev–Trinajstić information content (AvgIpc) is 3.31. The highest BCUT2D eigenvalue weighted by Gasteiger charge is 2.23. The largest absolute Gasteiger partial charge is 0.461 e. The number of halogens is 1. The number of rotatable bonds is 3. The summed E-state index contributed by atoms with van der Waals surface area (Å²) in [6, 6.07) is 7.32. The second-order valence-corrected chi connectivity index (χ2v) is 7.43. The lowest BCUT2D eigenvalue weighted by Crippen LogP contribution is -2.35. The summed E-state index contributed by atoms with van der Waals surface area (Å²) >= 11 is 6.16. The third-order valence-electron chi connectivity index (χ3n) is 5.16. The van der Waals surface area contributed by atoms with E-state index in [1.807, 2.05) is 29.7 Å². The van der Waals surface area contributed by atoms with Crippen molar-refractivity contribution in [3.8, 4) is 11.6 Å². The maximum atomic E-state index is 12.7. The smallest absolute Gasteiger partial charge is 0.256 e. The van der Waals surface area contributed by atoms with Crippen molar-refractivity contribution in [1.29, 1.82) is 0 Å². The lowest BCUT2D eigenvalue weighted by Gasteiger charge is -2.27. The van der Waals surface area contributed by atoms with E-state index < -0.39 is 0 Å². The molecule has 0 radical (unpaired) electrons. The first-order valence-electron chi connectivity index (χ1n) is 9.10. The van der Waals surface area contributed by atoms with Gasteiger partial charge in [-0.1, -0.05) is 11.6 Å². The van der Waals surface area contributed by atoms with Crippen molar-refractivity contribution >= 4 is 17.2 Å². The SMILES string of the molecule is Cc1nc2ccc(Cl)cn2c1CN1CCc2nc(-c3ccco3)[nH]c(=O)c2C1. The molecule has 4 aromatic rings. The van der Waals surface area contributed by atoms with Crippen molar-refractivity contribution in [3.63, 3.8) is 0 Å². The zero-order chi connectivity index (χ0) is 19.3. The first-order chi connectivity index (χ1) is 13.6. The lowest BCUT2D eigenvalue weighted by molar-refractivity contribution is 0.238. The third-order valence-corrected chi connectivity index (χ3v) is 5.38. The summed E-state index contributed by atoms with van der Waals surface area (Å²) in [6.07, 6.45) is 4.17. The maximum absolute atomic E-state index is 12.7. The van der Waals surface area contributed by atoms with E-state index in [-0.39, 0.29) is 5.56 Å². The van der Waals surface area contributed by atoms with E-state index in [1.54, 1.807) is 18.4 Å². The molecule has 1 aliphatic rings. The normalized spacial score (nSPS) is 14.5. The number of H-pyrrole nitrogens is 1. The molecule has 0 saturated heterocycles. The van der Waals surface area contributed by atoms with Crippen LogP contribution in [0.15, 0.2) is 45.9 Å². The van der Waals surface area contributed by atoms with Gasteiger partial charge in [-0.3, -0.25) is 9.69 Å². The van der Waals surface area contributed by atoms with Gasteiger partial charge in [0.05, 0.1) is 33.9 Å². The average molecular weight is 396 g/mol. The standard InChI is InChI=1S/C20H18ClN5O2/c1-12-16(26-9-13(21)4-5-18(26)22-12)11-25-7-6-15-14(10-25)20(27)24-19(23-15)17-3-2-8-28-17/h2-5,8-9H,6-7,10-11H2,1H3,(H,23,24,27). The van der Waals surface area contributed by atoms with E-state index in [9.17, 15) is 4.79 Å². The molecule has 5 heterocycles. The van der Waals surface area contributed by atoms with E-state index in [0.717, 1.165) is 29.3 Å². The summed E-state index contributed by atoms with van der Waals surface area (Å²) < 4.78 is 7.38. The van der Waals surface area contributed by atoms with Crippen LogP contribution in [0.3, 0.4) is 0 Å². The van der Waals surface area contributed by atoms with Crippen LogP contribution in [0.1, 0.15) is 22.6 Å². The number of furan rings is 1. The van der Waals surface area contributed by atoms with Crippen LogP contribution in [0.2, 0.25) is 5.02 Å². The van der Waals surface area contributed by atoms with E-state index in [0.29, 0.717) is 41.7 Å². The minimum absolute atomic E-state index is 0.112. The summed E-state index contributed by atoms with van der Waals surface area (Å²) in [5.74, 6) is 1.05. The van der Waals surface area contributed by atoms with Gasteiger partial charge in [0.1, 0.15) is 5.65 Å². The summed E-state index contributed by atoms with van der Waals surface area (Å²) in [7, 11) is 0. The predicted molar refractivity (Wildman–Crippen MR) is 105 cm³/mol. The number of hydrogen-bond donors (Lipinski definition) is 1. The van der Waals surface area contributed by atoms with Crippen LogP contribution in [-0.4, -0.2) is 30.8 Å². The van der Waals surface area contributed by atoms with Crippen LogP contribution < -0.4 is 5.56 Å². The van der Waals surface area contributed by atoms with Crippen molar-refractivity contribution in [1.82, 2.24) is 24.3 Å². The highest BCUT2D eigenvalue weighted by Crippen LogP contribution is 2.22. The molecule has 0 aromatic carbocycles. The Kier molecular flexibility index (Phi) is 4.07. The number of pyridine rings is 1. The van der Waals surface area contributed by atoms with Crippen LogP contribution in [0.5, 0.6) is 0 Å². The van der Waals surface area contributed by atoms with Crippen molar-refractivity contribution in [3.05, 3.63) is 74.7 Å². The van der Waals surface area contributed by atoms with Crippen LogP contribution in [0, 0.1) is 6.92 Å². The van der Waals surface area contributed by atoms with Crippen molar-refractivity contribution in [2.24, 2.45) is 0 Å². The molecule has 0 amide bonds. The van der Waals surface area contributed by atoms with Crippen molar-refractivity contribution in [2.75, 3.05) is 6.54 Å². The molecular formula is C20H18ClN5O2. The number of aryl methyl sites for hydroxylation is 1. The maximum Gasteiger partial charge on any atom is 0.256 e. The molecule has 5 rings (SSSR count). The molecule has 0 saturated carbocycles. The summed E-state index contributed by atoms with van der Waals surface area (Å²) in [6.45, 7) is 4.04. The zero-order valence-electron chi connectivity index (χ0n) is 15.3. The molecule has 0 atom stereocenters. The van der Waals surface area contributed by atoms with Gasteiger partial charge in [0.2, 0.25) is 0 Å². The number of imidazole rings is 1. The Labute approximate surface area is 165 Å². The van der Waals surface area contributed by atoms with E-state index in [1.165, 1.54) is 0 Å². The summed E-state index contributed by atoms with van der Waals surface area (Å²) in [5, 5.41) is 0.668. The second kappa shape index (κ2) is 6.61. The van der Waals surface area contributed by atoms with E-state index in [4.69, 9.17) is 16.0 Å². The summed E-state index contributed by atoms with van der Waals surface area (Å²) in [5.41, 5.74) is 4.36. The molecule has 0 spiro atoms. The van der Waals surface area contributed by atoms with Crippen LogP contribution >= 0.6 is 11.6 Å². The number of fused-ring (bicyclic) bond motifs is 2. The van der Waals surface area contributed by atoms with E-state index >= 15 is 0 Å². The Bertz CT molecular complexity index is 1230. The topological polar surface area (TPSA) is 79.4 Å². The monoisotopic (exact) mass is 395 g/mol. The molecule has 7 nitrogen and oxygen atoms in total. The van der Waals surface area contributed by atoms with Crippen molar-refractivity contribution < 1.29 is 4.42 Å². The number of nitrogens with one attached hydrogen (secondary N) is 1. The Morgan fingerprint density at radius 1 is 1.29 bits per heavy atom. The third kappa shape index (κ3) is 2.93. The van der Waals surface area contributed by atoms with Crippen LogP contribution in [0.4, 0.5) is 0 Å². The lowest BCUT2D eigenvalue weighted by atomic mass is 10.1. The van der Waals surface area contributed by atoms with Crippen LogP contribution in [-0.2, 0) is 19.5 Å². The minimum atomic E-state index is -0.112. The Balaban J connectivity index is 1.45. The molecule has 0 unspecified atom stereocenters. The van der Waals surface area contributed by atoms with Gasteiger partial charge in [0.15, 0.2) is 11.6 Å². The highest BCUT2D eigenvalue weighted by atomic mass is 35.5. The van der Waals surface area contributed by atoms with Gasteiger partial charge in [-0.25, -0.2) is 9.97 Å². The molecule has 142 valence electrons. The van der Waals surface area contributed by atoms with Crippen molar-refractivity contribution in [2.45, 2.75) is 26.4 Å². The van der Waals surface area contributed by atoms with Gasteiger partial charge < -0.3 is 13.8 Å². The Morgan fingerprint density at radius 2 is 2.18 bits per heavy atom. The highest BCUT2D eigenvalue weighted by molar-refractivity contribution is 6.30. The molecular weight excluding hydrogens is 378 g/mol. The van der Waals surface area contributed by atoms with E-state index in [2.05, 4.69) is 19.9 Å².